The van der Waals surface area contributed by atoms with Crippen LogP contribution in [0.25, 0.3) is 0 Å². The van der Waals surface area contributed by atoms with Gasteiger partial charge < -0.3 is 24.1 Å². The lowest BCUT2D eigenvalue weighted by Gasteiger charge is -2.35. The third kappa shape index (κ3) is 10.6. The van der Waals surface area contributed by atoms with E-state index < -0.39 is 53.7 Å². The number of unbranched alkanes of at least 4 members (excludes halogenated alkanes) is 2. The molecule has 34 heavy (non-hydrogen) atoms. The average molecular weight is 488 g/mol. The largest absolute Gasteiger partial charge is 0.458 e. The Morgan fingerprint density at radius 3 is 2.03 bits per heavy atom. The summed E-state index contributed by atoms with van der Waals surface area (Å²) in [6, 6.07) is -1.22. The lowest BCUT2D eigenvalue weighted by molar-refractivity contribution is -0.170. The van der Waals surface area contributed by atoms with Crippen molar-refractivity contribution in [2.24, 2.45) is 0 Å². The van der Waals surface area contributed by atoms with Crippen LogP contribution < -0.4 is 0 Å². The molecule has 0 aromatic rings. The molecule has 1 saturated heterocycles. The molecule has 4 atom stereocenters. The van der Waals surface area contributed by atoms with E-state index >= 15 is 0 Å². The van der Waals surface area contributed by atoms with Gasteiger partial charge in [-0.2, -0.15) is 4.90 Å². The number of amides is 2. The number of cyclic esters (lactones) is 1. The maximum absolute atomic E-state index is 13.2. The molecular formula is C25H45NO8. The standard InChI is InChI=1S/C25H45NO8/c1-9-10-13-16-31-20-17(2)32-21(28)18(14-11-12-15-19(20)27)26(22(29)33-24(3,4)5)23(30)34-25(6,7)8/h17-20,27H,9-16H2,1-8H3/t17-,18-,19-,20-/m0/s1. The van der Waals surface area contributed by atoms with Crippen molar-refractivity contribution in [2.75, 3.05) is 6.61 Å². The fourth-order valence-electron chi connectivity index (χ4n) is 3.62. The van der Waals surface area contributed by atoms with Crippen LogP contribution in [0.4, 0.5) is 9.59 Å². The van der Waals surface area contributed by atoms with Crippen LogP contribution in [0, 0.1) is 0 Å². The molecule has 1 N–H and O–H groups in total. The number of hydrogen-bond donors (Lipinski definition) is 1. The van der Waals surface area contributed by atoms with Crippen LogP contribution in [0.1, 0.15) is 100 Å². The zero-order valence-corrected chi connectivity index (χ0v) is 22.2. The van der Waals surface area contributed by atoms with Gasteiger partial charge in [0, 0.05) is 6.61 Å². The average Bonchev–Trinajstić information content (AvgIpc) is 2.66. The van der Waals surface area contributed by atoms with Gasteiger partial charge in [-0.3, -0.25) is 0 Å². The van der Waals surface area contributed by atoms with E-state index in [1.807, 2.05) is 0 Å². The Bertz CT molecular complexity index is 639. The first-order chi connectivity index (χ1) is 15.7. The van der Waals surface area contributed by atoms with Crippen LogP contribution in [0.15, 0.2) is 0 Å². The number of hydrogen-bond acceptors (Lipinski definition) is 8. The summed E-state index contributed by atoms with van der Waals surface area (Å²) in [4.78, 5) is 40.0. The van der Waals surface area contributed by atoms with E-state index in [-0.39, 0.29) is 6.42 Å². The number of ether oxygens (including phenoxy) is 4. The SMILES string of the molecule is CCCCCO[C@H]1[C@H](C)OC(=O)[C@@H](N(C(=O)OC(C)(C)C)C(=O)OC(C)(C)C)CCCC[C@@H]1O. The quantitative estimate of drug-likeness (QED) is 0.318. The van der Waals surface area contributed by atoms with Gasteiger partial charge in [0.2, 0.25) is 0 Å². The summed E-state index contributed by atoms with van der Waals surface area (Å²) >= 11 is 0. The summed E-state index contributed by atoms with van der Waals surface area (Å²) in [6.07, 6.45) is 0.362. The minimum absolute atomic E-state index is 0.165. The molecular weight excluding hydrogens is 442 g/mol. The van der Waals surface area contributed by atoms with Crippen LogP contribution in [0.3, 0.4) is 0 Å². The first-order valence-corrected chi connectivity index (χ1v) is 12.4. The van der Waals surface area contributed by atoms with Gasteiger partial charge in [0.15, 0.2) is 0 Å². The highest BCUT2D eigenvalue weighted by Crippen LogP contribution is 2.24. The highest BCUT2D eigenvalue weighted by atomic mass is 16.6. The molecule has 0 spiro atoms. The summed E-state index contributed by atoms with van der Waals surface area (Å²) in [6.45, 7) is 14.2. The van der Waals surface area contributed by atoms with Crippen LogP contribution in [0.2, 0.25) is 0 Å². The number of nitrogens with zero attached hydrogens (tertiary/aromatic N) is 1. The van der Waals surface area contributed by atoms with Crippen LogP contribution in [-0.2, 0) is 23.7 Å². The molecule has 2 amide bonds. The minimum atomic E-state index is -1.22. The molecule has 0 unspecified atom stereocenters. The minimum Gasteiger partial charge on any atom is -0.458 e. The van der Waals surface area contributed by atoms with E-state index in [0.717, 1.165) is 24.2 Å². The fourth-order valence-corrected chi connectivity index (χ4v) is 3.62. The second kappa shape index (κ2) is 13.3. The Morgan fingerprint density at radius 1 is 1.00 bits per heavy atom. The van der Waals surface area contributed by atoms with Gasteiger partial charge in [-0.1, -0.05) is 32.6 Å². The second-order valence-electron chi connectivity index (χ2n) is 10.9. The number of aliphatic hydroxyl groups is 1. The van der Waals surface area contributed by atoms with Crippen molar-refractivity contribution in [3.05, 3.63) is 0 Å². The maximum atomic E-state index is 13.2. The third-order valence-corrected chi connectivity index (χ3v) is 5.19. The molecule has 1 rings (SSSR count). The number of carbonyl (C=O) groups is 3. The van der Waals surface area contributed by atoms with Crippen LogP contribution in [0.5, 0.6) is 0 Å². The number of aliphatic hydroxyl groups excluding tert-OH is 1. The molecule has 9 nitrogen and oxygen atoms in total. The topological polar surface area (TPSA) is 112 Å². The first kappa shape index (κ1) is 30.2. The normalized spacial score (nSPS) is 24.7. The number of rotatable bonds is 6. The molecule has 0 aromatic carbocycles. The van der Waals surface area contributed by atoms with Crippen LogP contribution in [-0.4, -0.2) is 70.3 Å². The fraction of sp³-hybridized carbons (Fsp3) is 0.880. The lowest BCUT2D eigenvalue weighted by Crippen LogP contribution is -2.54. The van der Waals surface area contributed by atoms with Crippen molar-refractivity contribution in [1.82, 2.24) is 4.90 Å². The summed E-state index contributed by atoms with van der Waals surface area (Å²) in [5.74, 6) is -0.763. The summed E-state index contributed by atoms with van der Waals surface area (Å²) < 4.78 is 22.4. The van der Waals surface area contributed by atoms with Crippen molar-refractivity contribution in [1.29, 1.82) is 0 Å². The summed E-state index contributed by atoms with van der Waals surface area (Å²) in [5.41, 5.74) is -1.77. The molecule has 0 aliphatic carbocycles. The first-order valence-electron chi connectivity index (χ1n) is 12.4. The number of imide groups is 1. The Hall–Kier alpha value is -1.87. The lowest BCUT2D eigenvalue weighted by atomic mass is 9.99. The Kier molecular flexibility index (Phi) is 11.8. The molecule has 0 saturated carbocycles. The Balaban J connectivity index is 3.17. The molecule has 0 radical (unpaired) electrons. The van der Waals surface area contributed by atoms with E-state index in [0.29, 0.717) is 25.9 Å². The highest BCUT2D eigenvalue weighted by molar-refractivity contribution is 5.94. The molecule has 1 fully saturated rings. The zero-order chi connectivity index (χ0) is 26.1. The molecule has 9 heteroatoms. The molecule has 1 heterocycles. The summed E-state index contributed by atoms with van der Waals surface area (Å²) in [5, 5.41) is 10.6. The Morgan fingerprint density at radius 2 is 1.53 bits per heavy atom. The smallest absolute Gasteiger partial charge is 0.420 e. The highest BCUT2D eigenvalue weighted by Gasteiger charge is 2.42. The molecule has 0 aromatic heterocycles. The zero-order valence-electron chi connectivity index (χ0n) is 22.2. The number of esters is 1. The third-order valence-electron chi connectivity index (χ3n) is 5.19. The van der Waals surface area contributed by atoms with E-state index in [9.17, 15) is 19.5 Å². The maximum Gasteiger partial charge on any atom is 0.420 e. The van der Waals surface area contributed by atoms with Gasteiger partial charge in [0.25, 0.3) is 0 Å². The van der Waals surface area contributed by atoms with Gasteiger partial charge in [-0.15, -0.1) is 0 Å². The van der Waals surface area contributed by atoms with Gasteiger partial charge in [-0.05, 0) is 67.7 Å². The molecule has 0 bridgehead atoms. The predicted octanol–water partition coefficient (Wildman–Crippen LogP) is 4.97. The van der Waals surface area contributed by atoms with E-state index in [1.54, 1.807) is 48.5 Å². The Labute approximate surface area is 204 Å². The van der Waals surface area contributed by atoms with Crippen molar-refractivity contribution < 1.29 is 38.4 Å². The van der Waals surface area contributed by atoms with Gasteiger partial charge in [-0.25, -0.2) is 14.4 Å². The summed E-state index contributed by atoms with van der Waals surface area (Å²) in [7, 11) is 0. The van der Waals surface area contributed by atoms with Crippen molar-refractivity contribution in [2.45, 2.75) is 136 Å². The molecule has 198 valence electrons. The van der Waals surface area contributed by atoms with E-state index in [1.165, 1.54) is 0 Å². The molecule has 1 aliphatic rings. The van der Waals surface area contributed by atoms with Crippen LogP contribution >= 0.6 is 0 Å². The second-order valence-corrected chi connectivity index (χ2v) is 10.9. The monoisotopic (exact) mass is 487 g/mol. The van der Waals surface area contributed by atoms with Crippen molar-refractivity contribution in [3.8, 4) is 0 Å². The van der Waals surface area contributed by atoms with Gasteiger partial charge in [0.1, 0.15) is 29.5 Å². The van der Waals surface area contributed by atoms with Gasteiger partial charge in [0.05, 0.1) is 6.10 Å². The van der Waals surface area contributed by atoms with Crippen molar-refractivity contribution >= 4 is 18.2 Å². The number of carbonyl (C=O) groups excluding carboxylic acids is 3. The van der Waals surface area contributed by atoms with Gasteiger partial charge >= 0.3 is 18.2 Å². The van der Waals surface area contributed by atoms with Crippen molar-refractivity contribution in [3.63, 3.8) is 0 Å². The van der Waals surface area contributed by atoms with E-state index in [2.05, 4.69) is 6.92 Å². The predicted molar refractivity (Wildman–Crippen MR) is 127 cm³/mol. The molecule has 1 aliphatic heterocycles. The van der Waals surface area contributed by atoms with E-state index in [4.69, 9.17) is 18.9 Å².